The first-order valence-corrected chi connectivity index (χ1v) is 7.54. The molecule has 1 amide bonds. The average molecular weight is 317 g/mol. The van der Waals surface area contributed by atoms with E-state index in [1.54, 1.807) is 25.5 Å². The number of fused-ring (bicyclic) bond motifs is 1. The molecular weight excluding hydrogens is 302 g/mol. The van der Waals surface area contributed by atoms with Gasteiger partial charge in [0.15, 0.2) is 5.82 Å². The number of hydrogen-bond acceptors (Lipinski definition) is 6. The van der Waals surface area contributed by atoms with E-state index >= 15 is 0 Å². The third-order valence-electron chi connectivity index (χ3n) is 3.40. The molecule has 0 aliphatic rings. The first-order valence-electron chi connectivity index (χ1n) is 6.73. The van der Waals surface area contributed by atoms with Crippen LogP contribution in [-0.2, 0) is 11.2 Å². The Balaban J connectivity index is 1.99. The number of aromatic nitrogens is 2. The summed E-state index contributed by atoms with van der Waals surface area (Å²) in [5, 5.41) is 7.50. The average Bonchev–Trinajstić information content (AvgIpc) is 3.11. The molecule has 2 aromatic heterocycles. The van der Waals surface area contributed by atoms with Crippen molar-refractivity contribution in [3.63, 3.8) is 0 Å². The molecule has 0 saturated heterocycles. The van der Waals surface area contributed by atoms with Crippen molar-refractivity contribution >= 4 is 27.3 Å². The van der Waals surface area contributed by atoms with E-state index in [0.29, 0.717) is 11.7 Å². The minimum atomic E-state index is -0.148. The second-order valence-electron chi connectivity index (χ2n) is 4.78. The molecule has 0 bridgehead atoms. The van der Waals surface area contributed by atoms with Gasteiger partial charge in [0, 0.05) is 11.7 Å². The van der Waals surface area contributed by atoms with E-state index in [2.05, 4.69) is 15.5 Å². The summed E-state index contributed by atoms with van der Waals surface area (Å²) in [7, 11) is 3.22. The molecular formula is C15H15N3O3S. The van der Waals surface area contributed by atoms with Crippen molar-refractivity contribution in [2.75, 3.05) is 14.2 Å². The van der Waals surface area contributed by atoms with Gasteiger partial charge in [-0.3, -0.25) is 4.79 Å². The Morgan fingerprint density at radius 3 is 3.00 bits per heavy atom. The number of benzene rings is 1. The Labute approximate surface area is 131 Å². The quantitative estimate of drug-likeness (QED) is 0.800. The largest absolute Gasteiger partial charge is 0.497 e. The van der Waals surface area contributed by atoms with Gasteiger partial charge in [0.05, 0.1) is 18.4 Å². The summed E-state index contributed by atoms with van der Waals surface area (Å²) in [6, 6.07) is 5.93. The van der Waals surface area contributed by atoms with E-state index < -0.39 is 0 Å². The lowest BCUT2D eigenvalue weighted by molar-refractivity contribution is -0.120. The van der Waals surface area contributed by atoms with E-state index in [1.165, 1.54) is 0 Å². The number of carbonyl (C=O) groups excluding carboxylic acids is 1. The van der Waals surface area contributed by atoms with Crippen LogP contribution in [0.4, 0.5) is 0 Å². The van der Waals surface area contributed by atoms with Crippen LogP contribution < -0.4 is 10.1 Å². The summed E-state index contributed by atoms with van der Waals surface area (Å²) in [6.07, 6.45) is 0.109. The standard InChI is InChI=1S/C15H15N3O3S/c1-8-10-6-9(20-3)4-5-11(10)22-14(8)15-17-12(18-21-15)7-13(19)16-2/h4-6H,7H2,1-3H3,(H,16,19). The van der Waals surface area contributed by atoms with Crippen molar-refractivity contribution in [2.45, 2.75) is 13.3 Å². The van der Waals surface area contributed by atoms with Crippen molar-refractivity contribution < 1.29 is 14.1 Å². The maximum absolute atomic E-state index is 11.4. The van der Waals surface area contributed by atoms with Gasteiger partial charge in [0.25, 0.3) is 5.89 Å². The van der Waals surface area contributed by atoms with Gasteiger partial charge in [0.1, 0.15) is 5.75 Å². The number of nitrogens with one attached hydrogen (secondary N) is 1. The molecule has 0 spiro atoms. The number of rotatable bonds is 4. The van der Waals surface area contributed by atoms with Gasteiger partial charge in [0.2, 0.25) is 5.91 Å². The maximum Gasteiger partial charge on any atom is 0.268 e. The van der Waals surface area contributed by atoms with E-state index in [-0.39, 0.29) is 12.3 Å². The molecule has 0 unspecified atom stereocenters. The number of ether oxygens (including phenoxy) is 1. The molecule has 3 aromatic rings. The lowest BCUT2D eigenvalue weighted by atomic mass is 10.1. The number of likely N-dealkylation sites (N-methyl/N-ethyl adjacent to an activating group) is 1. The van der Waals surface area contributed by atoms with E-state index in [0.717, 1.165) is 26.3 Å². The summed E-state index contributed by atoms with van der Waals surface area (Å²) in [5.41, 5.74) is 1.06. The number of nitrogens with zero attached hydrogens (tertiary/aromatic N) is 2. The Morgan fingerprint density at radius 1 is 1.45 bits per heavy atom. The summed E-state index contributed by atoms with van der Waals surface area (Å²) in [5.74, 6) is 1.48. The van der Waals surface area contributed by atoms with E-state index in [4.69, 9.17) is 9.26 Å². The number of hydrogen-bond donors (Lipinski definition) is 1. The first kappa shape index (κ1) is 14.5. The normalized spacial score (nSPS) is 10.9. The molecule has 22 heavy (non-hydrogen) atoms. The molecule has 3 rings (SSSR count). The number of methoxy groups -OCH3 is 1. The lowest BCUT2D eigenvalue weighted by Gasteiger charge is -1.99. The summed E-state index contributed by atoms with van der Waals surface area (Å²) in [6.45, 7) is 2.01. The van der Waals surface area contributed by atoms with Gasteiger partial charge in [-0.1, -0.05) is 5.16 Å². The van der Waals surface area contributed by atoms with Crippen molar-refractivity contribution in [3.05, 3.63) is 29.6 Å². The summed E-state index contributed by atoms with van der Waals surface area (Å²) >= 11 is 1.58. The Hall–Kier alpha value is -2.41. The third-order valence-corrected chi connectivity index (χ3v) is 4.66. The Kier molecular flexibility index (Phi) is 3.81. The molecule has 6 nitrogen and oxygen atoms in total. The van der Waals surface area contributed by atoms with Gasteiger partial charge in [-0.15, -0.1) is 11.3 Å². The van der Waals surface area contributed by atoms with E-state index in [1.807, 2.05) is 25.1 Å². The number of thiophene rings is 1. The molecule has 114 valence electrons. The van der Waals surface area contributed by atoms with Crippen LogP contribution in [0.15, 0.2) is 22.7 Å². The zero-order chi connectivity index (χ0) is 15.7. The zero-order valence-corrected chi connectivity index (χ0v) is 13.3. The van der Waals surface area contributed by atoms with Crippen LogP contribution >= 0.6 is 11.3 Å². The highest BCUT2D eigenvalue weighted by Gasteiger charge is 2.17. The Bertz CT molecular complexity index is 838. The van der Waals surface area contributed by atoms with Crippen LogP contribution in [0, 0.1) is 6.92 Å². The lowest BCUT2D eigenvalue weighted by Crippen LogP contribution is -2.20. The number of carbonyl (C=O) groups is 1. The van der Waals surface area contributed by atoms with Gasteiger partial charge in [-0.2, -0.15) is 4.98 Å². The smallest absolute Gasteiger partial charge is 0.268 e. The van der Waals surface area contributed by atoms with Crippen LogP contribution in [-0.4, -0.2) is 30.2 Å². The van der Waals surface area contributed by atoms with Crippen LogP contribution in [0.1, 0.15) is 11.4 Å². The minimum absolute atomic E-state index is 0.109. The second kappa shape index (κ2) is 5.76. The topological polar surface area (TPSA) is 77.2 Å². The molecule has 2 heterocycles. The minimum Gasteiger partial charge on any atom is -0.497 e. The SMILES string of the molecule is CNC(=O)Cc1noc(-c2sc3ccc(OC)cc3c2C)n1. The van der Waals surface area contributed by atoms with Gasteiger partial charge < -0.3 is 14.6 Å². The highest BCUT2D eigenvalue weighted by Crippen LogP contribution is 2.38. The molecule has 0 aliphatic carbocycles. The molecule has 0 saturated carbocycles. The van der Waals surface area contributed by atoms with Gasteiger partial charge in [-0.25, -0.2) is 0 Å². The Morgan fingerprint density at radius 2 is 2.27 bits per heavy atom. The second-order valence-corrected chi connectivity index (χ2v) is 5.84. The molecule has 0 aliphatic heterocycles. The van der Waals surface area contributed by atoms with Crippen molar-refractivity contribution in [2.24, 2.45) is 0 Å². The fourth-order valence-corrected chi connectivity index (χ4v) is 3.29. The highest BCUT2D eigenvalue weighted by molar-refractivity contribution is 7.22. The molecule has 0 atom stereocenters. The first-order chi connectivity index (χ1) is 10.6. The predicted molar refractivity (Wildman–Crippen MR) is 84.2 cm³/mol. The summed E-state index contributed by atoms with van der Waals surface area (Å²) < 4.78 is 11.7. The monoisotopic (exact) mass is 317 g/mol. The van der Waals surface area contributed by atoms with Crippen LogP contribution in [0.3, 0.4) is 0 Å². The van der Waals surface area contributed by atoms with Crippen molar-refractivity contribution in [1.82, 2.24) is 15.5 Å². The molecule has 1 N–H and O–H groups in total. The predicted octanol–water partition coefficient (Wildman–Crippen LogP) is 2.56. The van der Waals surface area contributed by atoms with Crippen molar-refractivity contribution in [1.29, 1.82) is 0 Å². The summed E-state index contributed by atoms with van der Waals surface area (Å²) in [4.78, 5) is 16.6. The molecule has 7 heteroatoms. The van der Waals surface area contributed by atoms with Gasteiger partial charge >= 0.3 is 0 Å². The third kappa shape index (κ3) is 2.55. The highest BCUT2D eigenvalue weighted by atomic mass is 32.1. The van der Waals surface area contributed by atoms with Gasteiger partial charge in [-0.05, 0) is 36.1 Å². The zero-order valence-electron chi connectivity index (χ0n) is 12.5. The molecule has 1 aromatic carbocycles. The molecule has 0 radical (unpaired) electrons. The van der Waals surface area contributed by atoms with Crippen LogP contribution in [0.2, 0.25) is 0 Å². The fourth-order valence-electron chi connectivity index (χ4n) is 2.18. The maximum atomic E-state index is 11.4. The number of amides is 1. The number of aryl methyl sites for hydroxylation is 1. The van der Waals surface area contributed by atoms with Crippen molar-refractivity contribution in [3.8, 4) is 16.5 Å². The van der Waals surface area contributed by atoms with Crippen LogP contribution in [0.25, 0.3) is 20.9 Å². The fraction of sp³-hybridized carbons (Fsp3) is 0.267. The van der Waals surface area contributed by atoms with Crippen LogP contribution in [0.5, 0.6) is 5.75 Å². The molecule has 0 fully saturated rings. The van der Waals surface area contributed by atoms with E-state index in [9.17, 15) is 4.79 Å².